The number of hydrogen-bond donors (Lipinski definition) is 2. The molecule has 0 aliphatic carbocycles. The summed E-state index contributed by atoms with van der Waals surface area (Å²) in [6.07, 6.45) is 7.51. The lowest BCUT2D eigenvalue weighted by molar-refractivity contribution is 0.252. The summed E-state index contributed by atoms with van der Waals surface area (Å²) in [5, 5.41) is 14.0. The molecule has 0 saturated carbocycles. The van der Waals surface area contributed by atoms with Gasteiger partial charge in [-0.15, -0.1) is 5.10 Å². The maximum atomic E-state index is 11.8. The Labute approximate surface area is 164 Å². The fraction of sp³-hybridized carbons (Fsp3) is 0.300. The quantitative estimate of drug-likeness (QED) is 0.396. The first-order valence-electron chi connectivity index (χ1n) is 8.85. The molecule has 2 rings (SSSR count). The van der Waals surface area contributed by atoms with Gasteiger partial charge in [0.15, 0.2) is 0 Å². The minimum absolute atomic E-state index is 0.0213. The summed E-state index contributed by atoms with van der Waals surface area (Å²) >= 11 is 0. The molecule has 8 nitrogen and oxygen atoms in total. The standard InChI is InChI=1S/C20H25N5O3/c1-14(2)6-5-7-15(3)12-13-21-24-19(26)22-20-25-23-18(28-20)16-8-10-17(27-4)11-9-16/h6,8-13H,5,7H2,1-4H3,(H2,22,24,25,26)/b15-12-,21-13-. The maximum Gasteiger partial charge on any atom is 0.343 e. The molecule has 28 heavy (non-hydrogen) atoms. The number of nitrogens with zero attached hydrogens (tertiary/aromatic N) is 3. The van der Waals surface area contributed by atoms with E-state index in [0.29, 0.717) is 5.56 Å². The molecule has 2 aromatic rings. The lowest BCUT2D eigenvalue weighted by atomic mass is 10.1. The number of nitrogens with one attached hydrogen (secondary N) is 2. The second-order valence-electron chi connectivity index (χ2n) is 6.32. The third kappa shape index (κ3) is 7.06. The molecule has 8 heteroatoms. The predicted octanol–water partition coefficient (Wildman–Crippen LogP) is 4.55. The van der Waals surface area contributed by atoms with Gasteiger partial charge in [0, 0.05) is 11.8 Å². The third-order valence-corrected chi connectivity index (χ3v) is 3.67. The number of allylic oxidation sites excluding steroid dienone is 4. The van der Waals surface area contributed by atoms with Crippen molar-refractivity contribution < 1.29 is 13.9 Å². The molecule has 0 radical (unpaired) electrons. The smallest absolute Gasteiger partial charge is 0.343 e. The van der Waals surface area contributed by atoms with Crippen LogP contribution in [0, 0.1) is 0 Å². The number of aromatic nitrogens is 2. The summed E-state index contributed by atoms with van der Waals surface area (Å²) in [6.45, 7) is 6.17. The Morgan fingerprint density at radius 2 is 1.96 bits per heavy atom. The Hall–Kier alpha value is -3.42. The van der Waals surface area contributed by atoms with Gasteiger partial charge in [-0.05, 0) is 64.0 Å². The van der Waals surface area contributed by atoms with Gasteiger partial charge in [-0.2, -0.15) is 5.10 Å². The number of amides is 2. The number of rotatable bonds is 8. The van der Waals surface area contributed by atoms with Crippen molar-refractivity contribution in [1.82, 2.24) is 15.6 Å². The van der Waals surface area contributed by atoms with E-state index in [1.165, 1.54) is 17.4 Å². The van der Waals surface area contributed by atoms with Crippen LogP contribution in [0.25, 0.3) is 11.5 Å². The van der Waals surface area contributed by atoms with Crippen LogP contribution >= 0.6 is 0 Å². The summed E-state index contributed by atoms with van der Waals surface area (Å²) in [4.78, 5) is 11.8. The topological polar surface area (TPSA) is 102 Å². The van der Waals surface area contributed by atoms with Crippen LogP contribution in [-0.4, -0.2) is 29.6 Å². The molecule has 1 aromatic heterocycles. The van der Waals surface area contributed by atoms with Gasteiger partial charge in [0.05, 0.1) is 7.11 Å². The summed E-state index contributed by atoms with van der Waals surface area (Å²) in [7, 11) is 1.59. The summed E-state index contributed by atoms with van der Waals surface area (Å²) in [5.74, 6) is 1.01. The highest BCUT2D eigenvalue weighted by Crippen LogP contribution is 2.22. The van der Waals surface area contributed by atoms with Crippen molar-refractivity contribution in [3.63, 3.8) is 0 Å². The number of hydrazone groups is 1. The molecule has 2 amide bonds. The zero-order valence-corrected chi connectivity index (χ0v) is 16.5. The minimum Gasteiger partial charge on any atom is -0.497 e. The zero-order valence-electron chi connectivity index (χ0n) is 16.5. The summed E-state index contributed by atoms with van der Waals surface area (Å²) < 4.78 is 10.5. The molecule has 0 aliphatic heterocycles. The fourth-order valence-corrected chi connectivity index (χ4v) is 2.18. The first-order chi connectivity index (χ1) is 13.5. The van der Waals surface area contributed by atoms with Crippen LogP contribution in [0.15, 0.2) is 57.1 Å². The molecule has 0 spiro atoms. The molecule has 0 fully saturated rings. The number of anilines is 1. The molecule has 0 bridgehead atoms. The van der Waals surface area contributed by atoms with E-state index >= 15 is 0 Å². The average Bonchev–Trinajstić information content (AvgIpc) is 3.13. The largest absolute Gasteiger partial charge is 0.497 e. The molecule has 0 saturated heterocycles. The third-order valence-electron chi connectivity index (χ3n) is 3.67. The summed E-state index contributed by atoms with van der Waals surface area (Å²) in [5.41, 5.74) is 5.53. The molecule has 0 aliphatic rings. The molecule has 1 aromatic carbocycles. The van der Waals surface area contributed by atoms with Gasteiger partial charge < -0.3 is 9.15 Å². The van der Waals surface area contributed by atoms with E-state index in [4.69, 9.17) is 9.15 Å². The molecule has 1 heterocycles. The van der Waals surface area contributed by atoms with Crippen molar-refractivity contribution in [3.8, 4) is 17.2 Å². The van der Waals surface area contributed by atoms with Gasteiger partial charge in [-0.3, -0.25) is 5.32 Å². The SMILES string of the molecule is COc1ccc(-c2nnc(NC(=O)N/N=C\C=C(\C)CCC=C(C)C)o2)cc1. The molecule has 0 atom stereocenters. The second-order valence-corrected chi connectivity index (χ2v) is 6.32. The molecule has 2 N–H and O–H groups in total. The van der Waals surface area contributed by atoms with E-state index in [1.54, 1.807) is 31.4 Å². The van der Waals surface area contributed by atoms with Crippen LogP contribution in [0.5, 0.6) is 5.75 Å². The summed E-state index contributed by atoms with van der Waals surface area (Å²) in [6, 6.07) is 6.54. The highest BCUT2D eigenvalue weighted by atomic mass is 16.5. The van der Waals surface area contributed by atoms with Gasteiger partial charge >= 0.3 is 12.0 Å². The first kappa shape index (κ1) is 20.9. The van der Waals surface area contributed by atoms with E-state index in [1.807, 2.05) is 13.0 Å². The Morgan fingerprint density at radius 3 is 2.64 bits per heavy atom. The number of hydrogen-bond acceptors (Lipinski definition) is 6. The van der Waals surface area contributed by atoms with Crippen LogP contribution in [0.1, 0.15) is 33.6 Å². The number of carbonyl (C=O) groups excluding carboxylic acids is 1. The van der Waals surface area contributed by atoms with Gasteiger partial charge in [0.25, 0.3) is 0 Å². The number of carbonyl (C=O) groups is 1. The predicted molar refractivity (Wildman–Crippen MR) is 109 cm³/mol. The van der Waals surface area contributed by atoms with Crippen LogP contribution in [0.3, 0.4) is 0 Å². The Kier molecular flexibility index (Phi) is 7.95. The fourth-order valence-electron chi connectivity index (χ4n) is 2.18. The lowest BCUT2D eigenvalue weighted by Crippen LogP contribution is -2.24. The number of ether oxygens (including phenoxy) is 1. The Balaban J connectivity index is 1.81. The molecular formula is C20H25N5O3. The van der Waals surface area contributed by atoms with Crippen molar-refractivity contribution >= 4 is 18.3 Å². The van der Waals surface area contributed by atoms with E-state index in [2.05, 4.69) is 46.0 Å². The Morgan fingerprint density at radius 1 is 1.21 bits per heavy atom. The van der Waals surface area contributed by atoms with Crippen molar-refractivity contribution in [2.45, 2.75) is 33.6 Å². The molecule has 0 unspecified atom stereocenters. The van der Waals surface area contributed by atoms with Crippen LogP contribution < -0.4 is 15.5 Å². The van der Waals surface area contributed by atoms with E-state index in [9.17, 15) is 4.79 Å². The first-order valence-corrected chi connectivity index (χ1v) is 8.85. The van der Waals surface area contributed by atoms with Gasteiger partial charge in [-0.25, -0.2) is 10.2 Å². The average molecular weight is 383 g/mol. The van der Waals surface area contributed by atoms with Crippen molar-refractivity contribution in [2.75, 3.05) is 12.4 Å². The van der Waals surface area contributed by atoms with Crippen LogP contribution in [-0.2, 0) is 0 Å². The van der Waals surface area contributed by atoms with Crippen LogP contribution in [0.2, 0.25) is 0 Å². The van der Waals surface area contributed by atoms with E-state index in [-0.39, 0.29) is 11.9 Å². The number of methoxy groups -OCH3 is 1. The normalized spacial score (nSPS) is 11.4. The highest BCUT2D eigenvalue weighted by molar-refractivity contribution is 5.87. The van der Waals surface area contributed by atoms with Crippen molar-refractivity contribution in [3.05, 3.63) is 47.6 Å². The van der Waals surface area contributed by atoms with Gasteiger partial charge in [0.2, 0.25) is 5.89 Å². The number of benzene rings is 1. The maximum absolute atomic E-state index is 11.8. The zero-order chi connectivity index (χ0) is 20.4. The lowest BCUT2D eigenvalue weighted by Gasteiger charge is -2.00. The monoisotopic (exact) mass is 383 g/mol. The van der Waals surface area contributed by atoms with Gasteiger partial charge in [0.1, 0.15) is 5.75 Å². The highest BCUT2D eigenvalue weighted by Gasteiger charge is 2.10. The number of urea groups is 1. The van der Waals surface area contributed by atoms with Crippen molar-refractivity contribution in [2.24, 2.45) is 5.10 Å². The van der Waals surface area contributed by atoms with Crippen LogP contribution in [0.4, 0.5) is 10.8 Å². The van der Waals surface area contributed by atoms with E-state index < -0.39 is 6.03 Å². The molecular weight excluding hydrogens is 358 g/mol. The second kappa shape index (κ2) is 10.7. The Bertz CT molecular complexity index is 862. The van der Waals surface area contributed by atoms with Gasteiger partial charge in [-0.1, -0.05) is 22.3 Å². The van der Waals surface area contributed by atoms with E-state index in [0.717, 1.165) is 18.6 Å². The minimum atomic E-state index is -0.572. The molecule has 148 valence electrons. The van der Waals surface area contributed by atoms with Crippen molar-refractivity contribution in [1.29, 1.82) is 0 Å².